The third-order valence-corrected chi connectivity index (χ3v) is 1.87. The van der Waals surface area contributed by atoms with Crippen LogP contribution in [0.15, 0.2) is 18.2 Å². The van der Waals surface area contributed by atoms with Gasteiger partial charge in [0.25, 0.3) is 0 Å². The molecule has 0 aliphatic carbocycles. The third kappa shape index (κ3) is 2.72. The highest BCUT2D eigenvalue weighted by molar-refractivity contribution is 6.29. The van der Waals surface area contributed by atoms with Crippen molar-refractivity contribution in [3.8, 4) is 0 Å². The SMILES string of the molecule is O=C(O)c1nc(Cl)ccc1C=CCCl. The van der Waals surface area contributed by atoms with Crippen LogP contribution in [0.2, 0.25) is 5.15 Å². The zero-order chi connectivity index (χ0) is 10.6. The van der Waals surface area contributed by atoms with Crippen molar-refractivity contribution in [1.82, 2.24) is 4.98 Å². The lowest BCUT2D eigenvalue weighted by Gasteiger charge is -1.99. The van der Waals surface area contributed by atoms with E-state index < -0.39 is 5.97 Å². The summed E-state index contributed by atoms with van der Waals surface area (Å²) in [6, 6.07) is 3.11. The van der Waals surface area contributed by atoms with Crippen LogP contribution in [0.3, 0.4) is 0 Å². The van der Waals surface area contributed by atoms with Crippen molar-refractivity contribution >= 4 is 35.2 Å². The van der Waals surface area contributed by atoms with Gasteiger partial charge in [0.2, 0.25) is 0 Å². The Bertz CT molecular complexity index is 377. The van der Waals surface area contributed by atoms with Crippen molar-refractivity contribution in [1.29, 1.82) is 0 Å². The van der Waals surface area contributed by atoms with Gasteiger partial charge in [-0.15, -0.1) is 11.6 Å². The molecular weight excluding hydrogens is 225 g/mol. The number of halogens is 2. The maximum atomic E-state index is 10.7. The first kappa shape index (κ1) is 11.0. The molecule has 1 heterocycles. The molecule has 0 aromatic carbocycles. The Kier molecular flexibility index (Phi) is 3.92. The predicted molar refractivity (Wildman–Crippen MR) is 56.0 cm³/mol. The highest BCUT2D eigenvalue weighted by atomic mass is 35.5. The second-order valence-corrected chi connectivity index (χ2v) is 3.13. The highest BCUT2D eigenvalue weighted by Crippen LogP contribution is 2.13. The van der Waals surface area contributed by atoms with Crippen molar-refractivity contribution in [3.05, 3.63) is 34.6 Å². The molecule has 1 rings (SSSR count). The summed E-state index contributed by atoms with van der Waals surface area (Å²) in [6.07, 6.45) is 3.23. The predicted octanol–water partition coefficient (Wildman–Crippen LogP) is 2.69. The molecule has 5 heteroatoms. The number of rotatable bonds is 3. The molecule has 1 N–H and O–H groups in total. The Balaban J connectivity index is 3.15. The van der Waals surface area contributed by atoms with Gasteiger partial charge in [-0.05, 0) is 12.1 Å². The van der Waals surface area contributed by atoms with E-state index in [2.05, 4.69) is 4.98 Å². The summed E-state index contributed by atoms with van der Waals surface area (Å²) in [4.78, 5) is 14.4. The normalized spacial score (nSPS) is 10.7. The first-order valence-corrected chi connectivity index (χ1v) is 4.68. The molecule has 0 bridgehead atoms. The lowest BCUT2D eigenvalue weighted by Crippen LogP contribution is -2.03. The number of hydrogen-bond acceptors (Lipinski definition) is 2. The quantitative estimate of drug-likeness (QED) is 0.643. The fourth-order valence-corrected chi connectivity index (χ4v) is 1.16. The summed E-state index contributed by atoms with van der Waals surface area (Å²) >= 11 is 11.0. The Morgan fingerprint density at radius 1 is 1.57 bits per heavy atom. The van der Waals surface area contributed by atoms with Gasteiger partial charge < -0.3 is 5.11 Å². The Morgan fingerprint density at radius 2 is 2.29 bits per heavy atom. The zero-order valence-electron chi connectivity index (χ0n) is 7.08. The maximum absolute atomic E-state index is 10.7. The van der Waals surface area contributed by atoms with E-state index in [9.17, 15) is 4.79 Å². The molecule has 0 amide bonds. The minimum absolute atomic E-state index is 0.0705. The van der Waals surface area contributed by atoms with Gasteiger partial charge in [0.05, 0.1) is 0 Å². The second-order valence-electron chi connectivity index (χ2n) is 2.43. The monoisotopic (exact) mass is 231 g/mol. The van der Waals surface area contributed by atoms with Crippen LogP contribution in [0.4, 0.5) is 0 Å². The van der Waals surface area contributed by atoms with E-state index in [0.717, 1.165) is 0 Å². The molecule has 0 fully saturated rings. The number of hydrogen-bond donors (Lipinski definition) is 1. The van der Waals surface area contributed by atoms with E-state index in [4.69, 9.17) is 28.3 Å². The van der Waals surface area contributed by atoms with Crippen LogP contribution in [-0.2, 0) is 0 Å². The number of allylic oxidation sites excluding steroid dienone is 1. The third-order valence-electron chi connectivity index (χ3n) is 1.48. The summed E-state index contributed by atoms with van der Waals surface area (Å²) in [5.41, 5.74) is 0.418. The number of carboxylic acids is 1. The lowest BCUT2D eigenvalue weighted by atomic mass is 10.2. The molecule has 1 aromatic rings. The number of aromatic carboxylic acids is 1. The van der Waals surface area contributed by atoms with Gasteiger partial charge in [0.1, 0.15) is 5.15 Å². The van der Waals surface area contributed by atoms with E-state index in [1.165, 1.54) is 6.07 Å². The summed E-state index contributed by atoms with van der Waals surface area (Å²) < 4.78 is 0. The van der Waals surface area contributed by atoms with Crippen LogP contribution in [0.1, 0.15) is 16.1 Å². The van der Waals surface area contributed by atoms with Gasteiger partial charge in [-0.1, -0.05) is 23.8 Å². The molecule has 74 valence electrons. The summed E-state index contributed by atoms with van der Waals surface area (Å²) in [5.74, 6) is -0.788. The van der Waals surface area contributed by atoms with E-state index >= 15 is 0 Å². The van der Waals surface area contributed by atoms with Gasteiger partial charge in [-0.2, -0.15) is 0 Å². The molecule has 0 aliphatic heterocycles. The number of carboxylic acid groups (broad SMARTS) is 1. The van der Waals surface area contributed by atoms with E-state index in [0.29, 0.717) is 11.4 Å². The molecular formula is C9H7Cl2NO2. The van der Waals surface area contributed by atoms with Crippen LogP contribution in [0, 0.1) is 0 Å². The van der Waals surface area contributed by atoms with Gasteiger partial charge in [-0.3, -0.25) is 0 Å². The molecule has 0 radical (unpaired) electrons. The number of carbonyl (C=O) groups is 1. The van der Waals surface area contributed by atoms with E-state index in [-0.39, 0.29) is 10.8 Å². The van der Waals surface area contributed by atoms with Gasteiger partial charge in [0.15, 0.2) is 5.69 Å². The number of nitrogens with zero attached hydrogens (tertiary/aromatic N) is 1. The Hall–Kier alpha value is -1.06. The molecule has 0 spiro atoms. The van der Waals surface area contributed by atoms with E-state index in [1.807, 2.05) is 0 Å². The topological polar surface area (TPSA) is 50.2 Å². The van der Waals surface area contributed by atoms with Crippen molar-refractivity contribution in [2.45, 2.75) is 0 Å². The van der Waals surface area contributed by atoms with Crippen molar-refractivity contribution < 1.29 is 9.90 Å². The molecule has 0 saturated heterocycles. The first-order chi connectivity index (χ1) is 6.65. The van der Waals surface area contributed by atoms with Crippen molar-refractivity contribution in [2.75, 3.05) is 5.88 Å². The number of aromatic nitrogens is 1. The second kappa shape index (κ2) is 4.98. The van der Waals surface area contributed by atoms with Gasteiger partial charge in [0, 0.05) is 11.4 Å². The number of pyridine rings is 1. The van der Waals surface area contributed by atoms with Crippen LogP contribution >= 0.6 is 23.2 Å². The Morgan fingerprint density at radius 3 is 2.86 bits per heavy atom. The van der Waals surface area contributed by atoms with E-state index in [1.54, 1.807) is 18.2 Å². The number of alkyl halides is 1. The summed E-state index contributed by atoms with van der Waals surface area (Å²) in [7, 11) is 0. The fraction of sp³-hybridized carbons (Fsp3) is 0.111. The van der Waals surface area contributed by atoms with Crippen LogP contribution in [-0.4, -0.2) is 21.9 Å². The summed E-state index contributed by atoms with van der Waals surface area (Å²) in [6.45, 7) is 0. The maximum Gasteiger partial charge on any atom is 0.355 e. The molecule has 0 aliphatic rings. The van der Waals surface area contributed by atoms with Gasteiger partial charge >= 0.3 is 5.97 Å². The molecule has 0 atom stereocenters. The highest BCUT2D eigenvalue weighted by Gasteiger charge is 2.09. The minimum atomic E-state index is -1.11. The van der Waals surface area contributed by atoms with Crippen LogP contribution < -0.4 is 0 Å². The molecule has 0 unspecified atom stereocenters. The van der Waals surface area contributed by atoms with Crippen LogP contribution in [0.25, 0.3) is 6.08 Å². The largest absolute Gasteiger partial charge is 0.476 e. The standard InChI is InChI=1S/C9H7Cl2NO2/c10-5-1-2-6-3-4-7(11)12-8(6)9(13)14/h1-4H,5H2,(H,13,14). The van der Waals surface area contributed by atoms with Crippen LogP contribution in [0.5, 0.6) is 0 Å². The smallest absolute Gasteiger partial charge is 0.355 e. The zero-order valence-corrected chi connectivity index (χ0v) is 8.59. The minimum Gasteiger partial charge on any atom is -0.476 e. The average molecular weight is 232 g/mol. The first-order valence-electron chi connectivity index (χ1n) is 3.77. The lowest BCUT2D eigenvalue weighted by molar-refractivity contribution is 0.0690. The average Bonchev–Trinajstić information content (AvgIpc) is 2.15. The molecule has 14 heavy (non-hydrogen) atoms. The fourth-order valence-electron chi connectivity index (χ4n) is 0.923. The van der Waals surface area contributed by atoms with Crippen molar-refractivity contribution in [3.63, 3.8) is 0 Å². The summed E-state index contributed by atoms with van der Waals surface area (Å²) in [5, 5.41) is 8.96. The van der Waals surface area contributed by atoms with Crippen molar-refractivity contribution in [2.24, 2.45) is 0 Å². The molecule has 1 aromatic heterocycles. The molecule has 3 nitrogen and oxygen atoms in total. The van der Waals surface area contributed by atoms with Gasteiger partial charge in [-0.25, -0.2) is 9.78 Å². The Labute approximate surface area is 91.0 Å². The molecule has 0 saturated carbocycles.